The lowest BCUT2D eigenvalue weighted by Gasteiger charge is -2.07. The minimum Gasteiger partial charge on any atom is -0.399 e. The molecule has 6 heteroatoms. The number of nitro benzene ring substituents is 1. The van der Waals surface area contributed by atoms with Gasteiger partial charge in [-0.2, -0.15) is 0 Å². The lowest BCUT2D eigenvalue weighted by Crippen LogP contribution is -1.95. The number of hydrogen-bond acceptors (Lipinski definition) is 4. The van der Waals surface area contributed by atoms with Crippen molar-refractivity contribution in [2.24, 2.45) is 0 Å². The Balaban J connectivity index is 2.25. The van der Waals surface area contributed by atoms with Crippen LogP contribution in [-0.2, 0) is 0 Å². The third kappa shape index (κ3) is 2.89. The Hall–Kier alpha value is -1.83. The van der Waals surface area contributed by atoms with Gasteiger partial charge in [0.25, 0.3) is 5.69 Å². The highest BCUT2D eigenvalue weighted by molar-refractivity contribution is 14.1. The highest BCUT2D eigenvalue weighted by atomic mass is 127. The summed E-state index contributed by atoms with van der Waals surface area (Å²) in [5, 5.41) is 13.8. The van der Waals surface area contributed by atoms with Gasteiger partial charge in [0.15, 0.2) is 0 Å². The van der Waals surface area contributed by atoms with Crippen LogP contribution >= 0.6 is 22.6 Å². The van der Waals surface area contributed by atoms with E-state index in [2.05, 4.69) is 5.32 Å². The third-order valence-corrected chi connectivity index (χ3v) is 3.18. The third-order valence-electron chi connectivity index (χ3n) is 2.32. The Bertz CT molecular complexity index is 602. The molecule has 3 N–H and O–H groups in total. The van der Waals surface area contributed by atoms with Crippen molar-refractivity contribution in [3.05, 3.63) is 56.1 Å². The number of nitro groups is 1. The molecule has 0 unspecified atom stereocenters. The molecule has 2 aromatic carbocycles. The van der Waals surface area contributed by atoms with E-state index < -0.39 is 4.92 Å². The maximum atomic E-state index is 10.7. The molecule has 0 radical (unpaired) electrons. The Morgan fingerprint density at radius 2 is 1.89 bits per heavy atom. The van der Waals surface area contributed by atoms with E-state index in [9.17, 15) is 10.1 Å². The van der Waals surface area contributed by atoms with E-state index in [4.69, 9.17) is 5.73 Å². The molecule has 0 saturated carbocycles. The predicted octanol–water partition coefficient (Wildman–Crippen LogP) is 3.53. The van der Waals surface area contributed by atoms with Crippen LogP contribution in [0.25, 0.3) is 0 Å². The van der Waals surface area contributed by atoms with Crippen molar-refractivity contribution in [2.75, 3.05) is 11.1 Å². The van der Waals surface area contributed by atoms with Gasteiger partial charge >= 0.3 is 0 Å². The number of nitrogens with two attached hydrogens (primary N) is 1. The Kier molecular flexibility index (Phi) is 3.66. The molecule has 0 bridgehead atoms. The topological polar surface area (TPSA) is 81.2 Å². The first kappa shape index (κ1) is 12.6. The van der Waals surface area contributed by atoms with E-state index in [1.165, 1.54) is 6.07 Å². The molecule has 0 spiro atoms. The summed E-state index contributed by atoms with van der Waals surface area (Å²) in [5.41, 5.74) is 8.08. The molecule has 0 aliphatic heterocycles. The van der Waals surface area contributed by atoms with Gasteiger partial charge in [0.1, 0.15) is 0 Å². The van der Waals surface area contributed by atoms with E-state index in [1.807, 2.05) is 34.7 Å². The summed E-state index contributed by atoms with van der Waals surface area (Å²) in [6.07, 6.45) is 0. The van der Waals surface area contributed by atoms with Gasteiger partial charge in [-0.25, -0.2) is 0 Å². The first-order valence-electron chi connectivity index (χ1n) is 5.13. The molecule has 18 heavy (non-hydrogen) atoms. The molecule has 0 heterocycles. The molecule has 92 valence electrons. The molecular weight excluding hydrogens is 345 g/mol. The van der Waals surface area contributed by atoms with Gasteiger partial charge in [0, 0.05) is 23.1 Å². The van der Waals surface area contributed by atoms with Crippen LogP contribution in [0, 0.1) is 13.7 Å². The lowest BCUT2D eigenvalue weighted by molar-refractivity contribution is -0.385. The number of nitrogens with one attached hydrogen (secondary N) is 1. The smallest absolute Gasteiger partial charge is 0.282 e. The predicted molar refractivity (Wildman–Crippen MR) is 80.0 cm³/mol. The van der Waals surface area contributed by atoms with Gasteiger partial charge in [-0.1, -0.05) is 6.07 Å². The summed E-state index contributed by atoms with van der Waals surface area (Å²) in [4.78, 5) is 10.3. The number of benzene rings is 2. The van der Waals surface area contributed by atoms with Gasteiger partial charge in [0.05, 0.1) is 8.49 Å². The fourth-order valence-corrected chi connectivity index (χ4v) is 2.23. The van der Waals surface area contributed by atoms with Crippen LogP contribution < -0.4 is 11.1 Å². The van der Waals surface area contributed by atoms with Crippen molar-refractivity contribution in [3.8, 4) is 0 Å². The molecule has 2 aromatic rings. The number of nitrogens with zero attached hydrogens (tertiary/aromatic N) is 1. The first-order chi connectivity index (χ1) is 8.56. The highest BCUT2D eigenvalue weighted by Gasteiger charge is 2.11. The van der Waals surface area contributed by atoms with Gasteiger partial charge in [-0.05, 0) is 52.9 Å². The van der Waals surface area contributed by atoms with Crippen LogP contribution in [-0.4, -0.2) is 4.92 Å². The molecule has 0 fully saturated rings. The largest absolute Gasteiger partial charge is 0.399 e. The minimum absolute atomic E-state index is 0.105. The monoisotopic (exact) mass is 355 g/mol. The Labute approximate surface area is 117 Å². The van der Waals surface area contributed by atoms with Gasteiger partial charge in [-0.15, -0.1) is 0 Å². The maximum Gasteiger partial charge on any atom is 0.282 e. The summed E-state index contributed by atoms with van der Waals surface area (Å²) < 4.78 is 0.589. The van der Waals surface area contributed by atoms with Gasteiger partial charge in [-0.3, -0.25) is 10.1 Å². The van der Waals surface area contributed by atoms with E-state index in [0.29, 0.717) is 9.26 Å². The second-order valence-electron chi connectivity index (χ2n) is 3.67. The van der Waals surface area contributed by atoms with Crippen LogP contribution in [0.5, 0.6) is 0 Å². The van der Waals surface area contributed by atoms with Crippen molar-refractivity contribution in [2.45, 2.75) is 0 Å². The highest BCUT2D eigenvalue weighted by Crippen LogP contribution is 2.26. The fourth-order valence-electron chi connectivity index (χ4n) is 1.52. The van der Waals surface area contributed by atoms with Crippen LogP contribution in [0.1, 0.15) is 0 Å². The van der Waals surface area contributed by atoms with Crippen molar-refractivity contribution in [3.63, 3.8) is 0 Å². The Morgan fingerprint density at radius 1 is 1.17 bits per heavy atom. The first-order valence-corrected chi connectivity index (χ1v) is 6.20. The standard InChI is InChI=1S/C12H10IN3O2/c13-11-7-10(4-5-12(11)16(17)18)15-9-3-1-2-8(14)6-9/h1-7,15H,14H2. The summed E-state index contributed by atoms with van der Waals surface area (Å²) in [5.74, 6) is 0. The molecule has 2 rings (SSSR count). The number of nitrogen functional groups attached to an aromatic ring is 1. The molecule has 0 aromatic heterocycles. The second kappa shape index (κ2) is 5.21. The second-order valence-corrected chi connectivity index (χ2v) is 4.84. The molecule has 0 atom stereocenters. The fraction of sp³-hybridized carbons (Fsp3) is 0. The molecule has 0 aliphatic carbocycles. The zero-order valence-electron chi connectivity index (χ0n) is 9.26. The molecule has 0 saturated heterocycles. The molecule has 0 amide bonds. The van der Waals surface area contributed by atoms with Crippen LogP contribution in [0.3, 0.4) is 0 Å². The van der Waals surface area contributed by atoms with Crippen molar-refractivity contribution in [1.29, 1.82) is 0 Å². The number of rotatable bonds is 3. The zero-order valence-corrected chi connectivity index (χ0v) is 11.4. The minimum atomic E-state index is -0.397. The van der Waals surface area contributed by atoms with Crippen molar-refractivity contribution >= 4 is 45.3 Å². The SMILES string of the molecule is Nc1cccc(Nc2ccc([N+](=O)[O-])c(I)c2)c1. The van der Waals surface area contributed by atoms with Crippen LogP contribution in [0.2, 0.25) is 0 Å². The zero-order chi connectivity index (χ0) is 13.1. The molecule has 0 aliphatic rings. The maximum absolute atomic E-state index is 10.7. The molecule has 5 nitrogen and oxygen atoms in total. The normalized spacial score (nSPS) is 10.1. The van der Waals surface area contributed by atoms with E-state index in [1.54, 1.807) is 24.3 Å². The van der Waals surface area contributed by atoms with Crippen molar-refractivity contribution < 1.29 is 4.92 Å². The van der Waals surface area contributed by atoms with E-state index in [-0.39, 0.29) is 5.69 Å². The van der Waals surface area contributed by atoms with E-state index in [0.717, 1.165) is 11.4 Å². The van der Waals surface area contributed by atoms with Gasteiger partial charge < -0.3 is 11.1 Å². The summed E-state index contributed by atoms with van der Waals surface area (Å²) in [6, 6.07) is 12.2. The average molecular weight is 355 g/mol. The summed E-state index contributed by atoms with van der Waals surface area (Å²) in [7, 11) is 0. The van der Waals surface area contributed by atoms with E-state index >= 15 is 0 Å². The van der Waals surface area contributed by atoms with Crippen molar-refractivity contribution in [1.82, 2.24) is 0 Å². The number of hydrogen-bond donors (Lipinski definition) is 2. The average Bonchev–Trinajstić information content (AvgIpc) is 2.28. The van der Waals surface area contributed by atoms with Crippen LogP contribution in [0.15, 0.2) is 42.5 Å². The summed E-state index contributed by atoms with van der Waals surface area (Å²) >= 11 is 1.94. The number of anilines is 3. The summed E-state index contributed by atoms with van der Waals surface area (Å²) in [6.45, 7) is 0. The quantitative estimate of drug-likeness (QED) is 0.382. The number of halogens is 1. The lowest BCUT2D eigenvalue weighted by atomic mass is 10.2. The van der Waals surface area contributed by atoms with Crippen LogP contribution in [0.4, 0.5) is 22.7 Å². The molecular formula is C12H10IN3O2. The van der Waals surface area contributed by atoms with Gasteiger partial charge in [0.2, 0.25) is 0 Å². The Morgan fingerprint density at radius 3 is 2.50 bits per heavy atom.